The number of sulfonamides is 2. The van der Waals surface area contributed by atoms with E-state index < -0.39 is 26.0 Å². The Balaban J connectivity index is 2.25. The van der Waals surface area contributed by atoms with Gasteiger partial charge in [-0.2, -0.15) is 0 Å². The van der Waals surface area contributed by atoms with Gasteiger partial charge in [0.2, 0.25) is 10.0 Å². The van der Waals surface area contributed by atoms with Crippen molar-refractivity contribution in [2.24, 2.45) is 5.14 Å². The molecule has 0 aliphatic rings. The van der Waals surface area contributed by atoms with Crippen LogP contribution < -0.4 is 15.3 Å². The molecule has 0 aliphatic carbocycles. The van der Waals surface area contributed by atoms with Crippen LogP contribution in [0.25, 0.3) is 6.08 Å². The number of anilines is 1. The van der Waals surface area contributed by atoms with E-state index >= 15 is 0 Å². The molecule has 0 spiro atoms. The molecule has 0 fully saturated rings. The summed E-state index contributed by atoms with van der Waals surface area (Å²) >= 11 is 0. The van der Waals surface area contributed by atoms with Gasteiger partial charge in [0, 0.05) is 11.8 Å². The van der Waals surface area contributed by atoms with E-state index in [1.54, 1.807) is 6.07 Å². The third-order valence-corrected chi connectivity index (χ3v) is 5.45. The van der Waals surface area contributed by atoms with Gasteiger partial charge in [0.25, 0.3) is 15.9 Å². The summed E-state index contributed by atoms with van der Waals surface area (Å²) in [6.07, 6.45) is 2.36. The molecule has 0 saturated carbocycles. The molecule has 0 heterocycles. The number of hydrogen-bond acceptors (Lipinski definition) is 6. The lowest BCUT2D eigenvalue weighted by Crippen LogP contribution is -2.15. The lowest BCUT2D eigenvalue weighted by Gasteiger charge is -2.09. The number of carbonyl (C=O) groups excluding carboxylic acids is 1. The van der Waals surface area contributed by atoms with Crippen LogP contribution in [-0.2, 0) is 24.8 Å². The van der Waals surface area contributed by atoms with Crippen LogP contribution in [0.1, 0.15) is 5.56 Å². The van der Waals surface area contributed by atoms with Crippen LogP contribution >= 0.6 is 0 Å². The molecule has 9 nitrogen and oxygen atoms in total. The second-order valence-electron chi connectivity index (χ2n) is 5.06. The largest absolute Gasteiger partial charge is 0.288 e. The highest BCUT2D eigenvalue weighted by molar-refractivity contribution is 7.92. The van der Waals surface area contributed by atoms with Crippen molar-refractivity contribution in [2.75, 3.05) is 4.72 Å². The molecular formula is C15H15N3O6S2. The van der Waals surface area contributed by atoms with Crippen LogP contribution in [0.5, 0.6) is 0 Å². The van der Waals surface area contributed by atoms with Crippen LogP contribution in [0.3, 0.4) is 0 Å². The first-order valence-electron chi connectivity index (χ1n) is 7.00. The van der Waals surface area contributed by atoms with Crippen molar-refractivity contribution in [2.45, 2.75) is 9.79 Å². The molecule has 1 amide bonds. The van der Waals surface area contributed by atoms with E-state index in [4.69, 9.17) is 10.3 Å². The van der Waals surface area contributed by atoms with E-state index in [1.807, 2.05) is 0 Å². The fourth-order valence-electron chi connectivity index (χ4n) is 1.92. The minimum atomic E-state index is -3.94. The summed E-state index contributed by atoms with van der Waals surface area (Å²) in [6, 6.07) is 10.6. The molecule has 0 aromatic heterocycles. The molecule has 138 valence electrons. The SMILES string of the molecule is NS(=O)(=O)c1ccc(NS(=O)(=O)c2cccc(/C=C/C(=O)NO)c2)cc1. The maximum atomic E-state index is 12.4. The normalized spacial score (nSPS) is 12.1. The average Bonchev–Trinajstić information content (AvgIpc) is 2.59. The fourth-order valence-corrected chi connectivity index (χ4v) is 3.55. The smallest absolute Gasteiger partial charge is 0.267 e. The summed E-state index contributed by atoms with van der Waals surface area (Å²) in [5.41, 5.74) is 1.99. The highest BCUT2D eigenvalue weighted by Crippen LogP contribution is 2.19. The standard InChI is InChI=1S/C15H15N3O6S2/c16-25(21,22)13-7-5-12(6-8-13)18-26(23,24)14-3-1-2-11(10-14)4-9-15(19)17-20/h1-10,18,20H,(H,17,19)(H2,16,21,22)/b9-4+. The predicted molar refractivity (Wildman–Crippen MR) is 94.0 cm³/mol. The van der Waals surface area contributed by atoms with E-state index in [-0.39, 0.29) is 15.5 Å². The second kappa shape index (κ2) is 7.66. The number of hydroxylamine groups is 1. The van der Waals surface area contributed by atoms with E-state index in [9.17, 15) is 21.6 Å². The van der Waals surface area contributed by atoms with Crippen molar-refractivity contribution in [3.8, 4) is 0 Å². The third-order valence-electron chi connectivity index (χ3n) is 3.14. The number of benzene rings is 2. The molecule has 0 unspecified atom stereocenters. The van der Waals surface area contributed by atoms with Gasteiger partial charge in [-0.05, 0) is 48.0 Å². The lowest BCUT2D eigenvalue weighted by molar-refractivity contribution is -0.124. The van der Waals surface area contributed by atoms with Crippen LogP contribution in [0.15, 0.2) is 64.4 Å². The Morgan fingerprint density at radius 3 is 2.23 bits per heavy atom. The molecule has 0 atom stereocenters. The Kier molecular flexibility index (Phi) is 5.77. The Bertz CT molecular complexity index is 1050. The topological polar surface area (TPSA) is 156 Å². The van der Waals surface area contributed by atoms with Gasteiger partial charge in [-0.1, -0.05) is 12.1 Å². The first-order chi connectivity index (χ1) is 12.1. The van der Waals surface area contributed by atoms with Crippen LogP contribution in [0.2, 0.25) is 0 Å². The molecule has 2 rings (SSSR count). The molecule has 2 aromatic carbocycles. The molecule has 0 saturated heterocycles. The van der Waals surface area contributed by atoms with Crippen molar-refractivity contribution in [1.82, 2.24) is 5.48 Å². The number of nitrogens with one attached hydrogen (secondary N) is 2. The van der Waals surface area contributed by atoms with Gasteiger partial charge in [-0.3, -0.25) is 14.7 Å². The first-order valence-corrected chi connectivity index (χ1v) is 10.0. The zero-order chi connectivity index (χ0) is 19.4. The summed E-state index contributed by atoms with van der Waals surface area (Å²) in [5.74, 6) is -0.758. The zero-order valence-electron chi connectivity index (χ0n) is 13.2. The number of hydrogen-bond donors (Lipinski definition) is 4. The molecular weight excluding hydrogens is 382 g/mol. The predicted octanol–water partition coefficient (Wildman–Crippen LogP) is 0.653. The van der Waals surface area contributed by atoms with Crippen LogP contribution in [0, 0.1) is 0 Å². The second-order valence-corrected chi connectivity index (χ2v) is 8.30. The average molecular weight is 397 g/mol. The van der Waals surface area contributed by atoms with Gasteiger partial charge in [-0.15, -0.1) is 0 Å². The number of nitrogens with two attached hydrogens (primary N) is 1. The number of rotatable bonds is 6. The summed E-state index contributed by atoms with van der Waals surface area (Å²) in [7, 11) is -7.81. The van der Waals surface area contributed by atoms with E-state index in [0.29, 0.717) is 5.56 Å². The van der Waals surface area contributed by atoms with Crippen LogP contribution in [-0.4, -0.2) is 28.0 Å². The highest BCUT2D eigenvalue weighted by Gasteiger charge is 2.15. The molecule has 0 radical (unpaired) electrons. The minimum Gasteiger partial charge on any atom is -0.288 e. The third kappa shape index (κ3) is 5.13. The summed E-state index contributed by atoms with van der Waals surface area (Å²) in [4.78, 5) is 10.8. The van der Waals surface area contributed by atoms with Gasteiger partial charge in [0.1, 0.15) is 0 Å². The van der Waals surface area contributed by atoms with E-state index in [0.717, 1.165) is 6.08 Å². The van der Waals surface area contributed by atoms with Gasteiger partial charge in [0.15, 0.2) is 0 Å². The maximum Gasteiger partial charge on any atom is 0.267 e. The van der Waals surface area contributed by atoms with Crippen molar-refractivity contribution >= 4 is 37.7 Å². The Morgan fingerprint density at radius 1 is 1.00 bits per heavy atom. The minimum absolute atomic E-state index is 0.0698. The van der Waals surface area contributed by atoms with Gasteiger partial charge < -0.3 is 0 Å². The molecule has 0 bridgehead atoms. The van der Waals surface area contributed by atoms with Crippen molar-refractivity contribution in [1.29, 1.82) is 0 Å². The molecule has 5 N–H and O–H groups in total. The Hall–Kier alpha value is -2.73. The monoisotopic (exact) mass is 397 g/mol. The van der Waals surface area contributed by atoms with Crippen molar-refractivity contribution in [3.05, 3.63) is 60.2 Å². The summed E-state index contributed by atoms with van der Waals surface area (Å²) in [6.45, 7) is 0. The lowest BCUT2D eigenvalue weighted by atomic mass is 10.2. The van der Waals surface area contributed by atoms with Crippen molar-refractivity contribution < 1.29 is 26.8 Å². The number of amides is 1. The Labute approximate surface area is 150 Å². The molecule has 11 heteroatoms. The van der Waals surface area contributed by atoms with Crippen molar-refractivity contribution in [3.63, 3.8) is 0 Å². The molecule has 26 heavy (non-hydrogen) atoms. The zero-order valence-corrected chi connectivity index (χ0v) is 14.8. The number of carbonyl (C=O) groups is 1. The quantitative estimate of drug-likeness (QED) is 0.319. The summed E-state index contributed by atoms with van der Waals surface area (Å²) < 4.78 is 49.6. The molecule has 0 aliphatic heterocycles. The maximum absolute atomic E-state index is 12.4. The number of primary sulfonamides is 1. The first kappa shape index (κ1) is 19.6. The molecule has 2 aromatic rings. The van der Waals surface area contributed by atoms with Gasteiger partial charge >= 0.3 is 0 Å². The summed E-state index contributed by atoms with van der Waals surface area (Å²) in [5, 5.41) is 13.4. The highest BCUT2D eigenvalue weighted by atomic mass is 32.2. The van der Waals surface area contributed by atoms with Crippen LogP contribution in [0.4, 0.5) is 5.69 Å². The Morgan fingerprint density at radius 2 is 1.65 bits per heavy atom. The van der Waals surface area contributed by atoms with E-state index in [1.165, 1.54) is 54.0 Å². The van der Waals surface area contributed by atoms with E-state index in [2.05, 4.69) is 4.72 Å². The van der Waals surface area contributed by atoms with Gasteiger partial charge in [-0.25, -0.2) is 27.5 Å². The van der Waals surface area contributed by atoms with Gasteiger partial charge in [0.05, 0.1) is 9.79 Å². The fraction of sp³-hybridized carbons (Fsp3) is 0.